The molecule has 0 unspecified atom stereocenters. The number of aromatic amines is 1. The molecular formula is C51H30B6F2N4. The van der Waals surface area contributed by atoms with E-state index >= 15 is 4.39 Å². The van der Waals surface area contributed by atoms with E-state index < -0.39 is 21.9 Å². The highest BCUT2D eigenvalue weighted by Gasteiger charge is 2.20. The third-order valence-corrected chi connectivity index (χ3v) is 11.1. The molecule has 9 rings (SSSR count). The van der Waals surface area contributed by atoms with Gasteiger partial charge < -0.3 is 0 Å². The molecule has 3 heterocycles. The SMILES string of the molecule is [B]C([B])([B])c1ccc(-c2ccc(-c3ccccc3-c3cc(-c4ccccc4-c4ccc(-c5ccc(C([B])([B])[B])cn5)cc4)cc(-c4cc(F)c(F)cc4-c4cn[nH]c4)c3)cc2)nc1. The Morgan fingerprint density at radius 2 is 0.730 bits per heavy atom. The summed E-state index contributed by atoms with van der Waals surface area (Å²) in [4.78, 5) is 9.09. The minimum atomic E-state index is -1.49. The first-order chi connectivity index (χ1) is 30.3. The molecule has 0 aliphatic heterocycles. The summed E-state index contributed by atoms with van der Waals surface area (Å²) in [5.41, 5.74) is 14.1. The second-order valence-electron chi connectivity index (χ2n) is 15.6. The molecule has 63 heavy (non-hydrogen) atoms. The lowest BCUT2D eigenvalue weighted by Gasteiger charge is -2.20. The fraction of sp³-hybridized carbons (Fsp3) is 0.0392. The van der Waals surface area contributed by atoms with Crippen molar-refractivity contribution in [2.24, 2.45) is 0 Å². The zero-order chi connectivity index (χ0) is 43.9. The highest BCUT2D eigenvalue weighted by Crippen LogP contribution is 2.43. The molecule has 9 aromatic rings. The molecule has 0 aliphatic rings. The molecule has 1 N–H and O–H groups in total. The average molecular weight is 802 g/mol. The van der Waals surface area contributed by atoms with Crippen LogP contribution in [0.2, 0.25) is 0 Å². The highest BCUT2D eigenvalue weighted by atomic mass is 19.2. The number of hydrogen-bond acceptors (Lipinski definition) is 3. The molecule has 286 valence electrons. The number of rotatable bonds is 10. The molecule has 0 saturated carbocycles. The van der Waals surface area contributed by atoms with Gasteiger partial charge in [-0.3, -0.25) is 15.1 Å². The van der Waals surface area contributed by atoms with E-state index in [9.17, 15) is 4.39 Å². The molecule has 0 spiro atoms. The maximum atomic E-state index is 15.3. The van der Waals surface area contributed by atoms with Gasteiger partial charge in [0.2, 0.25) is 0 Å². The van der Waals surface area contributed by atoms with Crippen molar-refractivity contribution < 1.29 is 8.78 Å². The molecule has 4 nitrogen and oxygen atoms in total. The van der Waals surface area contributed by atoms with Gasteiger partial charge in [0.25, 0.3) is 0 Å². The Balaban J connectivity index is 1.16. The van der Waals surface area contributed by atoms with Crippen LogP contribution in [0.15, 0.2) is 176 Å². The number of pyridine rings is 2. The second kappa shape index (κ2) is 16.7. The van der Waals surface area contributed by atoms with E-state index in [2.05, 4.69) is 50.5 Å². The van der Waals surface area contributed by atoms with Crippen molar-refractivity contribution in [3.63, 3.8) is 0 Å². The monoisotopic (exact) mass is 802 g/mol. The largest absolute Gasteiger partial charge is 0.285 e. The van der Waals surface area contributed by atoms with Crippen LogP contribution >= 0.6 is 0 Å². The van der Waals surface area contributed by atoms with Gasteiger partial charge in [-0.05, 0) is 115 Å². The van der Waals surface area contributed by atoms with Crippen molar-refractivity contribution in [3.05, 3.63) is 199 Å². The van der Waals surface area contributed by atoms with Crippen LogP contribution in [0.3, 0.4) is 0 Å². The van der Waals surface area contributed by atoms with Gasteiger partial charge in [0.05, 0.1) is 64.7 Å². The summed E-state index contributed by atoms with van der Waals surface area (Å²) < 4.78 is 30.3. The van der Waals surface area contributed by atoms with Gasteiger partial charge in [-0.1, -0.05) is 109 Å². The molecule has 0 atom stereocenters. The van der Waals surface area contributed by atoms with E-state index in [1.54, 1.807) is 36.9 Å². The van der Waals surface area contributed by atoms with E-state index in [-0.39, 0.29) is 0 Å². The third kappa shape index (κ3) is 8.63. The molecule has 12 radical (unpaired) electrons. The first kappa shape index (κ1) is 41.4. The number of nitrogens with one attached hydrogen (secondary N) is 1. The summed E-state index contributed by atoms with van der Waals surface area (Å²) in [6.45, 7) is 0. The van der Waals surface area contributed by atoms with E-state index in [0.717, 1.165) is 67.0 Å². The van der Waals surface area contributed by atoms with Crippen LogP contribution in [-0.2, 0) is 10.2 Å². The first-order valence-corrected chi connectivity index (χ1v) is 20.0. The Morgan fingerprint density at radius 3 is 1.08 bits per heavy atom. The van der Waals surface area contributed by atoms with Crippen LogP contribution in [0, 0.1) is 11.6 Å². The standard InChI is InChI=1S/C51H30B6F2N4/c52-50(53,54)38-17-19-48(60-28-38)32-13-9-30(10-14-32)40-5-1-3-7-42(40)34-21-35(23-36(22-34)44-24-46(58)47(59)25-45(44)37-26-62-63-27-37)43-8-4-2-6-41(43)31-11-15-33(16-12-31)49-20-18-39(29-61-49)51(55,56)57/h1-29H,(H,62,63). The fourth-order valence-corrected chi connectivity index (χ4v) is 7.77. The lowest BCUT2D eigenvalue weighted by atomic mass is 9.40. The number of aromatic nitrogens is 4. The van der Waals surface area contributed by atoms with Crippen molar-refractivity contribution in [2.75, 3.05) is 0 Å². The normalized spacial score (nSPS) is 11.7. The summed E-state index contributed by atoms with van der Waals surface area (Å²) in [5.74, 6) is -1.91. The number of hydrogen-bond donors (Lipinski definition) is 1. The molecular weight excluding hydrogens is 771 g/mol. The maximum absolute atomic E-state index is 15.3. The first-order valence-electron chi connectivity index (χ1n) is 20.0. The predicted octanol–water partition coefficient (Wildman–Crippen LogP) is 10.0. The summed E-state index contributed by atoms with van der Waals surface area (Å²) in [6, 6.07) is 48.3. The number of H-pyrrole nitrogens is 1. The Bertz CT molecular complexity index is 2910. The van der Waals surface area contributed by atoms with E-state index in [1.165, 1.54) is 12.1 Å². The minimum Gasteiger partial charge on any atom is -0.285 e. The van der Waals surface area contributed by atoms with Crippen molar-refractivity contribution in [1.29, 1.82) is 0 Å². The Morgan fingerprint density at radius 1 is 0.365 bits per heavy atom. The number of benzene rings is 6. The Labute approximate surface area is 373 Å². The Kier molecular flexibility index (Phi) is 11.0. The van der Waals surface area contributed by atoms with Crippen LogP contribution < -0.4 is 0 Å². The average Bonchev–Trinajstić information content (AvgIpc) is 3.85. The van der Waals surface area contributed by atoms with Gasteiger partial charge in [-0.25, -0.2) is 8.78 Å². The molecule has 3 aromatic heterocycles. The van der Waals surface area contributed by atoms with Crippen LogP contribution in [-0.4, -0.2) is 67.2 Å². The molecule has 0 saturated heterocycles. The number of halogens is 2. The van der Waals surface area contributed by atoms with Crippen molar-refractivity contribution in [2.45, 2.75) is 10.2 Å². The van der Waals surface area contributed by atoms with Gasteiger partial charge in [0.1, 0.15) is 0 Å². The highest BCUT2D eigenvalue weighted by molar-refractivity contribution is 6.59. The minimum absolute atomic E-state index is 0.493. The van der Waals surface area contributed by atoms with Crippen LogP contribution in [0.4, 0.5) is 8.78 Å². The van der Waals surface area contributed by atoms with E-state index in [1.807, 2.05) is 97.1 Å². The zero-order valence-corrected chi connectivity index (χ0v) is 33.8. The fourth-order valence-electron chi connectivity index (χ4n) is 7.77. The maximum Gasteiger partial charge on any atom is 0.159 e. The van der Waals surface area contributed by atoms with E-state index in [4.69, 9.17) is 47.1 Å². The molecule has 0 aliphatic carbocycles. The van der Waals surface area contributed by atoms with Gasteiger partial charge in [-0.15, -0.1) is 10.2 Å². The lowest BCUT2D eigenvalue weighted by Crippen LogP contribution is -2.27. The second-order valence-corrected chi connectivity index (χ2v) is 15.6. The third-order valence-electron chi connectivity index (χ3n) is 11.1. The summed E-state index contributed by atoms with van der Waals surface area (Å²) in [5, 5.41) is 3.94. The molecule has 12 heteroatoms. The quantitative estimate of drug-likeness (QED) is 0.140. The van der Waals surface area contributed by atoms with Crippen molar-refractivity contribution in [3.8, 4) is 89.3 Å². The van der Waals surface area contributed by atoms with Crippen LogP contribution in [0.25, 0.3) is 89.3 Å². The van der Waals surface area contributed by atoms with Crippen LogP contribution in [0.1, 0.15) is 11.1 Å². The lowest BCUT2D eigenvalue weighted by molar-refractivity contribution is 0.509. The number of nitrogens with zero attached hydrogens (tertiary/aromatic N) is 3. The molecule has 0 amide bonds. The molecule has 0 fully saturated rings. The topological polar surface area (TPSA) is 54.5 Å². The zero-order valence-electron chi connectivity index (χ0n) is 33.8. The van der Waals surface area contributed by atoms with E-state index in [0.29, 0.717) is 33.4 Å². The predicted molar refractivity (Wildman–Crippen MR) is 255 cm³/mol. The Hall–Kier alpha value is -6.92. The molecule has 6 aromatic carbocycles. The van der Waals surface area contributed by atoms with Gasteiger partial charge in [-0.2, -0.15) is 5.10 Å². The smallest absolute Gasteiger partial charge is 0.159 e. The van der Waals surface area contributed by atoms with Crippen molar-refractivity contribution >= 4 is 47.1 Å². The van der Waals surface area contributed by atoms with Crippen LogP contribution in [0.5, 0.6) is 0 Å². The summed E-state index contributed by atoms with van der Waals surface area (Å²) in [7, 11) is 35.2. The summed E-state index contributed by atoms with van der Waals surface area (Å²) in [6.07, 6.45) is 6.41. The van der Waals surface area contributed by atoms with Gasteiger partial charge in [0.15, 0.2) is 11.6 Å². The van der Waals surface area contributed by atoms with Gasteiger partial charge in [0, 0.05) is 35.3 Å². The summed E-state index contributed by atoms with van der Waals surface area (Å²) >= 11 is 0. The molecule has 0 bridgehead atoms. The van der Waals surface area contributed by atoms with Gasteiger partial charge >= 0.3 is 0 Å². The van der Waals surface area contributed by atoms with Crippen molar-refractivity contribution in [1.82, 2.24) is 20.2 Å².